The highest BCUT2D eigenvalue weighted by molar-refractivity contribution is 9.10. The molecule has 2 atom stereocenters. The van der Waals surface area contributed by atoms with E-state index in [2.05, 4.69) is 15.9 Å². The lowest BCUT2D eigenvalue weighted by Crippen LogP contribution is -2.19. The molecule has 0 bridgehead atoms. The average Bonchev–Trinajstić information content (AvgIpc) is 2.46. The molecule has 0 spiro atoms. The van der Waals surface area contributed by atoms with E-state index in [1.807, 2.05) is 30.3 Å². The highest BCUT2D eigenvalue weighted by atomic mass is 79.9. The van der Waals surface area contributed by atoms with Crippen molar-refractivity contribution in [3.63, 3.8) is 0 Å². The van der Waals surface area contributed by atoms with Gasteiger partial charge in [0.2, 0.25) is 0 Å². The van der Waals surface area contributed by atoms with Crippen molar-refractivity contribution in [1.29, 1.82) is 0 Å². The van der Waals surface area contributed by atoms with Gasteiger partial charge in [-0.15, -0.1) is 11.6 Å². The fourth-order valence-corrected chi connectivity index (χ4v) is 2.67. The molecule has 0 unspecified atom stereocenters. The van der Waals surface area contributed by atoms with Gasteiger partial charge in [-0.2, -0.15) is 0 Å². The van der Waals surface area contributed by atoms with Crippen LogP contribution in [0.2, 0.25) is 5.02 Å². The molecule has 0 N–H and O–H groups in total. The summed E-state index contributed by atoms with van der Waals surface area (Å²) in [4.78, 5) is 11.8. The van der Waals surface area contributed by atoms with Crippen LogP contribution < -0.4 is 0 Å². The standard InChI is InChI=1S/C15H11BrCl2O/c16-13(15(19)11-4-2-1-3-5-11)14(18)10-6-8-12(17)9-7-10/h1-9,13-14H/t13-,14-/m1/s1. The third-order valence-electron chi connectivity index (χ3n) is 2.75. The Morgan fingerprint density at radius 3 is 2.16 bits per heavy atom. The topological polar surface area (TPSA) is 17.1 Å². The summed E-state index contributed by atoms with van der Waals surface area (Å²) >= 11 is 15.6. The fourth-order valence-electron chi connectivity index (χ4n) is 1.71. The van der Waals surface area contributed by atoms with Crippen LogP contribution in [0.4, 0.5) is 0 Å². The fraction of sp³-hybridized carbons (Fsp3) is 0.133. The van der Waals surface area contributed by atoms with E-state index in [4.69, 9.17) is 23.2 Å². The van der Waals surface area contributed by atoms with E-state index in [-0.39, 0.29) is 5.78 Å². The number of carbonyl (C=O) groups is 1. The minimum absolute atomic E-state index is 0.0319. The lowest BCUT2D eigenvalue weighted by molar-refractivity contribution is 0.0990. The Kier molecular flexibility index (Phi) is 5.03. The monoisotopic (exact) mass is 356 g/mol. The van der Waals surface area contributed by atoms with E-state index in [9.17, 15) is 4.79 Å². The van der Waals surface area contributed by atoms with Crippen LogP contribution in [0.15, 0.2) is 54.6 Å². The number of rotatable bonds is 4. The van der Waals surface area contributed by atoms with E-state index >= 15 is 0 Å². The Balaban J connectivity index is 2.17. The molecule has 0 aromatic heterocycles. The number of alkyl halides is 2. The maximum Gasteiger partial charge on any atom is 0.178 e. The number of ketones is 1. The first-order valence-corrected chi connectivity index (χ1v) is 7.45. The minimum atomic E-state index is -0.474. The summed E-state index contributed by atoms with van der Waals surface area (Å²) in [5, 5.41) is 0.207. The first kappa shape index (κ1) is 14.6. The number of hydrogen-bond acceptors (Lipinski definition) is 1. The molecule has 0 aliphatic rings. The Hall–Kier alpha value is -0.830. The smallest absolute Gasteiger partial charge is 0.178 e. The summed E-state index contributed by atoms with van der Waals surface area (Å²) in [6.45, 7) is 0. The molecule has 98 valence electrons. The molecule has 0 aliphatic carbocycles. The Morgan fingerprint density at radius 2 is 1.58 bits per heavy atom. The Morgan fingerprint density at radius 1 is 1.00 bits per heavy atom. The predicted octanol–water partition coefficient (Wildman–Crippen LogP) is 5.27. The zero-order chi connectivity index (χ0) is 13.8. The number of benzene rings is 2. The predicted molar refractivity (Wildman–Crippen MR) is 83.5 cm³/mol. The van der Waals surface area contributed by atoms with Crippen LogP contribution in [0, 0.1) is 0 Å². The van der Waals surface area contributed by atoms with E-state index in [1.54, 1.807) is 24.3 Å². The first-order chi connectivity index (χ1) is 9.09. The van der Waals surface area contributed by atoms with Crippen molar-refractivity contribution in [2.75, 3.05) is 0 Å². The van der Waals surface area contributed by atoms with Gasteiger partial charge in [-0.05, 0) is 17.7 Å². The maximum absolute atomic E-state index is 12.3. The largest absolute Gasteiger partial charge is 0.293 e. The van der Waals surface area contributed by atoms with Gasteiger partial charge in [0.1, 0.15) is 0 Å². The van der Waals surface area contributed by atoms with Crippen LogP contribution in [0.5, 0.6) is 0 Å². The van der Waals surface area contributed by atoms with Gasteiger partial charge >= 0.3 is 0 Å². The van der Waals surface area contributed by atoms with Crippen molar-refractivity contribution in [2.45, 2.75) is 10.2 Å². The first-order valence-electron chi connectivity index (χ1n) is 5.72. The lowest BCUT2D eigenvalue weighted by atomic mass is 10.0. The van der Waals surface area contributed by atoms with Crippen LogP contribution in [-0.4, -0.2) is 10.6 Å². The molecular formula is C15H11BrCl2O. The third kappa shape index (κ3) is 3.59. The van der Waals surface area contributed by atoms with Gasteiger partial charge in [0.25, 0.3) is 0 Å². The summed E-state index contributed by atoms with van der Waals surface area (Å²) in [6, 6.07) is 16.3. The molecule has 0 amide bonds. The third-order valence-corrected chi connectivity index (χ3v) is 4.76. The highest BCUT2D eigenvalue weighted by Crippen LogP contribution is 2.32. The molecule has 0 radical (unpaired) electrons. The van der Waals surface area contributed by atoms with Crippen molar-refractivity contribution in [3.05, 3.63) is 70.7 Å². The molecule has 4 heteroatoms. The second-order valence-electron chi connectivity index (χ2n) is 4.09. The molecule has 1 nitrogen and oxygen atoms in total. The van der Waals surface area contributed by atoms with Gasteiger partial charge < -0.3 is 0 Å². The van der Waals surface area contributed by atoms with E-state index < -0.39 is 10.2 Å². The van der Waals surface area contributed by atoms with Crippen molar-refractivity contribution < 1.29 is 4.79 Å². The van der Waals surface area contributed by atoms with Gasteiger partial charge in [0.15, 0.2) is 5.78 Å². The van der Waals surface area contributed by atoms with Gasteiger partial charge in [0.05, 0.1) is 10.2 Å². The average molecular weight is 358 g/mol. The van der Waals surface area contributed by atoms with Crippen LogP contribution in [0.3, 0.4) is 0 Å². The highest BCUT2D eigenvalue weighted by Gasteiger charge is 2.26. The zero-order valence-corrected chi connectivity index (χ0v) is 13.0. The van der Waals surface area contributed by atoms with Crippen LogP contribution in [0.25, 0.3) is 0 Å². The molecule has 0 aliphatic heterocycles. The molecule has 0 saturated carbocycles. The molecule has 0 fully saturated rings. The van der Waals surface area contributed by atoms with Crippen molar-refractivity contribution >= 4 is 44.9 Å². The molecule has 19 heavy (non-hydrogen) atoms. The number of carbonyl (C=O) groups excluding carboxylic acids is 1. The maximum atomic E-state index is 12.3. The molecule has 2 rings (SSSR count). The number of hydrogen-bond donors (Lipinski definition) is 0. The summed E-state index contributed by atoms with van der Waals surface area (Å²) < 4.78 is 0. The van der Waals surface area contributed by atoms with Crippen molar-refractivity contribution in [2.24, 2.45) is 0 Å². The quantitative estimate of drug-likeness (QED) is 0.538. The van der Waals surface area contributed by atoms with Crippen LogP contribution in [0.1, 0.15) is 21.3 Å². The normalized spacial score (nSPS) is 13.8. The number of halogens is 3. The van der Waals surface area contributed by atoms with Crippen LogP contribution >= 0.6 is 39.1 Å². The molecule has 2 aromatic rings. The second-order valence-corrected chi connectivity index (χ2v) is 5.98. The minimum Gasteiger partial charge on any atom is -0.293 e. The zero-order valence-electron chi connectivity index (χ0n) is 9.89. The van der Waals surface area contributed by atoms with Crippen LogP contribution in [-0.2, 0) is 0 Å². The van der Waals surface area contributed by atoms with Gasteiger partial charge in [0, 0.05) is 10.6 Å². The van der Waals surface area contributed by atoms with Gasteiger partial charge in [-0.3, -0.25) is 4.79 Å². The summed E-state index contributed by atoms with van der Waals surface area (Å²) in [5.74, 6) is -0.0319. The molecular weight excluding hydrogens is 347 g/mol. The van der Waals surface area contributed by atoms with E-state index in [1.165, 1.54) is 0 Å². The summed E-state index contributed by atoms with van der Waals surface area (Å²) in [7, 11) is 0. The molecule has 2 aromatic carbocycles. The summed E-state index contributed by atoms with van der Waals surface area (Å²) in [6.07, 6.45) is 0. The van der Waals surface area contributed by atoms with Gasteiger partial charge in [-0.1, -0.05) is 70.0 Å². The van der Waals surface area contributed by atoms with E-state index in [0.717, 1.165) is 5.56 Å². The second kappa shape index (κ2) is 6.56. The number of Topliss-reactive ketones (excluding diaryl/α,β-unsaturated/α-hetero) is 1. The Bertz CT molecular complexity index is 554. The Labute approximate surface area is 130 Å². The SMILES string of the molecule is O=C(c1ccccc1)[C@H](Br)[C@H](Cl)c1ccc(Cl)cc1. The molecule has 0 saturated heterocycles. The van der Waals surface area contributed by atoms with E-state index in [0.29, 0.717) is 10.6 Å². The van der Waals surface area contributed by atoms with Gasteiger partial charge in [-0.25, -0.2) is 0 Å². The lowest BCUT2D eigenvalue weighted by Gasteiger charge is -2.16. The van der Waals surface area contributed by atoms with Crippen molar-refractivity contribution in [3.8, 4) is 0 Å². The summed E-state index contributed by atoms with van der Waals surface area (Å²) in [5.41, 5.74) is 1.50. The van der Waals surface area contributed by atoms with Crippen molar-refractivity contribution in [1.82, 2.24) is 0 Å². The molecule has 0 heterocycles.